The van der Waals surface area contributed by atoms with Crippen LogP contribution in [0, 0.1) is 5.92 Å². The van der Waals surface area contributed by atoms with Gasteiger partial charge in [-0.1, -0.05) is 0 Å². The van der Waals surface area contributed by atoms with Crippen LogP contribution in [0.5, 0.6) is 0 Å². The largest absolute Gasteiger partial charge is 0.394 e. The summed E-state index contributed by atoms with van der Waals surface area (Å²) in [4.78, 5) is 37.4. The van der Waals surface area contributed by atoms with Crippen molar-refractivity contribution in [1.29, 1.82) is 0 Å². The second-order valence-corrected chi connectivity index (χ2v) is 5.35. The fourth-order valence-corrected chi connectivity index (χ4v) is 2.62. The molecule has 5 atom stereocenters. The molecule has 2 saturated heterocycles. The maximum atomic E-state index is 12.2. The molecule has 0 radical (unpaired) electrons. The maximum Gasteiger partial charge on any atom is 0.332 e. The number of aliphatic hydroxyl groups excluding tert-OH is 4. The van der Waals surface area contributed by atoms with E-state index < -0.39 is 60.9 Å². The number of imide groups is 2. The first-order chi connectivity index (χ1) is 10.2. The lowest BCUT2D eigenvalue weighted by Crippen LogP contribution is -2.67. The Morgan fingerprint density at radius 3 is 1.91 bits per heavy atom. The molecule has 0 aromatic rings. The van der Waals surface area contributed by atoms with Crippen molar-refractivity contribution in [2.24, 2.45) is 5.92 Å². The van der Waals surface area contributed by atoms with Crippen LogP contribution in [0.3, 0.4) is 0 Å². The van der Waals surface area contributed by atoms with E-state index in [1.54, 1.807) is 0 Å². The minimum Gasteiger partial charge on any atom is -0.394 e. The summed E-state index contributed by atoms with van der Waals surface area (Å²) in [6, 6.07) is -0.823. The Morgan fingerprint density at radius 1 is 0.955 bits per heavy atom. The van der Waals surface area contributed by atoms with Gasteiger partial charge in [0.2, 0.25) is 11.8 Å². The average Bonchev–Trinajstić information content (AvgIpc) is 2.51. The lowest BCUT2D eigenvalue weighted by molar-refractivity contribution is -0.241. The van der Waals surface area contributed by atoms with E-state index in [0.29, 0.717) is 9.80 Å². The summed E-state index contributed by atoms with van der Waals surface area (Å²) in [6.45, 7) is -0.679. The molecule has 10 nitrogen and oxygen atoms in total. The number of hydrogen-bond donors (Lipinski definition) is 4. The van der Waals surface area contributed by atoms with Crippen LogP contribution in [0.4, 0.5) is 4.79 Å². The molecule has 0 saturated carbocycles. The second kappa shape index (κ2) is 5.89. The predicted octanol–water partition coefficient (Wildman–Crippen LogP) is -3.50. The van der Waals surface area contributed by atoms with Gasteiger partial charge in [0.15, 0.2) is 0 Å². The van der Waals surface area contributed by atoms with Crippen LogP contribution in [0.15, 0.2) is 0 Å². The summed E-state index contributed by atoms with van der Waals surface area (Å²) >= 11 is 0. The third-order valence-corrected chi connectivity index (χ3v) is 4.02. The molecule has 2 fully saturated rings. The van der Waals surface area contributed by atoms with Crippen LogP contribution >= 0.6 is 0 Å². The van der Waals surface area contributed by atoms with Crippen LogP contribution in [0.2, 0.25) is 0 Å². The van der Waals surface area contributed by atoms with Crippen LogP contribution in [0.1, 0.15) is 0 Å². The number of barbiturate groups is 1. The number of urea groups is 1. The lowest BCUT2D eigenvalue weighted by Gasteiger charge is -2.44. The molecular weight excluding hydrogens is 300 g/mol. The lowest BCUT2D eigenvalue weighted by atomic mass is 9.85. The highest BCUT2D eigenvalue weighted by molar-refractivity contribution is 6.16. The van der Waals surface area contributed by atoms with Gasteiger partial charge in [0.05, 0.1) is 6.61 Å². The van der Waals surface area contributed by atoms with Gasteiger partial charge in [-0.3, -0.25) is 19.4 Å². The zero-order valence-electron chi connectivity index (χ0n) is 12.0. The topological polar surface area (TPSA) is 148 Å². The average molecular weight is 318 g/mol. The van der Waals surface area contributed by atoms with Crippen LogP contribution in [-0.4, -0.2) is 99.3 Å². The third kappa shape index (κ3) is 2.38. The van der Waals surface area contributed by atoms with Crippen LogP contribution in [-0.2, 0) is 14.3 Å². The van der Waals surface area contributed by atoms with Gasteiger partial charge in [-0.25, -0.2) is 4.79 Å². The van der Waals surface area contributed by atoms with E-state index in [-0.39, 0.29) is 0 Å². The van der Waals surface area contributed by atoms with Crippen molar-refractivity contribution in [2.75, 3.05) is 20.7 Å². The Labute approximate surface area is 125 Å². The van der Waals surface area contributed by atoms with Gasteiger partial charge >= 0.3 is 6.03 Å². The normalized spacial score (nSPS) is 37.9. The molecule has 22 heavy (non-hydrogen) atoms. The minimum absolute atomic E-state index is 0.679. The van der Waals surface area contributed by atoms with Gasteiger partial charge in [-0.2, -0.15) is 0 Å². The molecule has 124 valence electrons. The number of carbonyl (C=O) groups excluding carboxylic acids is 3. The summed E-state index contributed by atoms with van der Waals surface area (Å²) in [6.07, 6.45) is -7.76. The van der Waals surface area contributed by atoms with Crippen LogP contribution in [0.25, 0.3) is 0 Å². The number of rotatable bonds is 2. The smallest absolute Gasteiger partial charge is 0.332 e. The van der Waals surface area contributed by atoms with E-state index in [2.05, 4.69) is 0 Å². The van der Waals surface area contributed by atoms with Gasteiger partial charge in [-0.15, -0.1) is 0 Å². The number of nitrogens with zero attached hydrogens (tertiary/aromatic N) is 2. The number of ether oxygens (including phenoxy) is 1. The Bertz CT molecular complexity index is 472. The third-order valence-electron chi connectivity index (χ3n) is 4.02. The van der Waals surface area contributed by atoms with Crippen molar-refractivity contribution in [2.45, 2.75) is 30.5 Å². The first-order valence-corrected chi connectivity index (χ1v) is 6.62. The Balaban J connectivity index is 2.34. The molecule has 0 aromatic heterocycles. The Morgan fingerprint density at radius 2 is 1.45 bits per heavy atom. The minimum atomic E-state index is -1.73. The van der Waals surface area contributed by atoms with Gasteiger partial charge < -0.3 is 25.2 Å². The van der Waals surface area contributed by atoms with E-state index >= 15 is 0 Å². The molecule has 0 bridgehead atoms. The molecule has 0 aliphatic carbocycles. The van der Waals surface area contributed by atoms with Gasteiger partial charge in [0.25, 0.3) is 0 Å². The zero-order valence-corrected chi connectivity index (χ0v) is 12.0. The molecular formula is C12H18N2O8. The highest BCUT2D eigenvalue weighted by Crippen LogP contribution is 2.30. The number of amides is 4. The molecule has 2 heterocycles. The van der Waals surface area contributed by atoms with E-state index in [1.165, 1.54) is 14.1 Å². The van der Waals surface area contributed by atoms with Crippen molar-refractivity contribution in [3.05, 3.63) is 0 Å². The molecule has 2 rings (SSSR count). The number of carbonyl (C=O) groups is 3. The molecule has 0 spiro atoms. The summed E-state index contributed by atoms with van der Waals surface area (Å²) in [5.41, 5.74) is 0. The number of hydrogen-bond acceptors (Lipinski definition) is 8. The van der Waals surface area contributed by atoms with Crippen molar-refractivity contribution in [3.8, 4) is 0 Å². The van der Waals surface area contributed by atoms with Gasteiger partial charge in [0, 0.05) is 14.1 Å². The highest BCUT2D eigenvalue weighted by Gasteiger charge is 2.54. The molecule has 0 aromatic carbocycles. The monoisotopic (exact) mass is 318 g/mol. The first-order valence-electron chi connectivity index (χ1n) is 6.62. The molecule has 10 heteroatoms. The number of aliphatic hydroxyl groups is 4. The molecule has 2 aliphatic rings. The Hall–Kier alpha value is -1.59. The molecule has 0 unspecified atom stereocenters. The van der Waals surface area contributed by atoms with Gasteiger partial charge in [0.1, 0.15) is 36.4 Å². The van der Waals surface area contributed by atoms with Crippen molar-refractivity contribution in [1.82, 2.24) is 9.80 Å². The van der Waals surface area contributed by atoms with E-state index in [0.717, 1.165) is 0 Å². The molecule has 4 amide bonds. The summed E-state index contributed by atoms with van der Waals surface area (Å²) in [5.74, 6) is -3.34. The standard InChI is InChI=1S/C12H18N2O8/c1-13-10(19)5(11(20)14(2)12(13)21)9-8(18)7(17)6(16)4(3-15)22-9/h4-9,15-18H,3H2,1-2H3/t4-,6-,7+,8+,9+/m1/s1. The Kier molecular flexibility index (Phi) is 4.49. The van der Waals surface area contributed by atoms with Crippen molar-refractivity contribution < 1.29 is 39.5 Å². The van der Waals surface area contributed by atoms with E-state index in [9.17, 15) is 29.7 Å². The SMILES string of the molecule is CN1C(=O)C([C@@H]2O[C@H](CO)[C@@H](O)[C@H](O)[C@@H]2O)C(=O)N(C)C1=O. The summed E-state index contributed by atoms with van der Waals surface area (Å²) in [5, 5.41) is 38.6. The fourth-order valence-electron chi connectivity index (χ4n) is 2.62. The summed E-state index contributed by atoms with van der Waals surface area (Å²) in [7, 11) is 2.34. The fraction of sp³-hybridized carbons (Fsp3) is 0.750. The maximum absolute atomic E-state index is 12.2. The van der Waals surface area contributed by atoms with Crippen molar-refractivity contribution in [3.63, 3.8) is 0 Å². The van der Waals surface area contributed by atoms with E-state index in [1.807, 2.05) is 0 Å². The van der Waals surface area contributed by atoms with Crippen LogP contribution < -0.4 is 0 Å². The van der Waals surface area contributed by atoms with Gasteiger partial charge in [-0.05, 0) is 0 Å². The quantitative estimate of drug-likeness (QED) is 0.383. The second-order valence-electron chi connectivity index (χ2n) is 5.35. The molecule has 4 N–H and O–H groups in total. The highest BCUT2D eigenvalue weighted by atomic mass is 16.5. The first kappa shape index (κ1) is 16.8. The molecule has 2 aliphatic heterocycles. The van der Waals surface area contributed by atoms with Crippen molar-refractivity contribution >= 4 is 17.8 Å². The zero-order chi connectivity index (χ0) is 16.8. The summed E-state index contributed by atoms with van der Waals surface area (Å²) < 4.78 is 5.23. The van der Waals surface area contributed by atoms with E-state index in [4.69, 9.17) is 9.84 Å². The predicted molar refractivity (Wildman–Crippen MR) is 68.2 cm³/mol.